The second kappa shape index (κ2) is 7.13. The molecule has 1 heterocycles. The molecule has 23 heavy (non-hydrogen) atoms. The molecule has 0 bridgehead atoms. The number of benzene rings is 1. The van der Waals surface area contributed by atoms with Gasteiger partial charge >= 0.3 is 5.97 Å². The second-order valence-corrected chi connectivity index (χ2v) is 4.75. The molecule has 1 aromatic rings. The van der Waals surface area contributed by atoms with Gasteiger partial charge in [0.2, 0.25) is 6.79 Å². The zero-order valence-corrected chi connectivity index (χ0v) is 13.4. The van der Waals surface area contributed by atoms with Crippen molar-refractivity contribution in [2.45, 2.75) is 20.8 Å². The van der Waals surface area contributed by atoms with Crippen LogP contribution in [0.25, 0.3) is 0 Å². The molecule has 7 nitrogen and oxygen atoms in total. The fourth-order valence-electron chi connectivity index (χ4n) is 2.35. The van der Waals surface area contributed by atoms with Crippen LogP contribution in [0.2, 0.25) is 0 Å². The van der Waals surface area contributed by atoms with Gasteiger partial charge in [-0.15, -0.1) is 0 Å². The predicted molar refractivity (Wildman–Crippen MR) is 80.8 cm³/mol. The van der Waals surface area contributed by atoms with Crippen LogP contribution in [0, 0.1) is 0 Å². The molecule has 1 aromatic carbocycles. The average Bonchev–Trinajstić information content (AvgIpc) is 3.02. The van der Waals surface area contributed by atoms with Gasteiger partial charge in [-0.25, -0.2) is 4.79 Å². The van der Waals surface area contributed by atoms with E-state index < -0.39 is 11.8 Å². The monoisotopic (exact) mass is 321 g/mol. The van der Waals surface area contributed by atoms with Gasteiger partial charge in [-0.3, -0.25) is 9.59 Å². The van der Waals surface area contributed by atoms with E-state index in [1.807, 2.05) is 13.8 Å². The lowest BCUT2D eigenvalue weighted by Gasteiger charge is -2.20. The van der Waals surface area contributed by atoms with Crippen molar-refractivity contribution in [2.75, 3.05) is 26.5 Å². The number of esters is 1. The van der Waals surface area contributed by atoms with Crippen molar-refractivity contribution in [2.24, 2.45) is 0 Å². The van der Waals surface area contributed by atoms with E-state index >= 15 is 0 Å². The van der Waals surface area contributed by atoms with Crippen molar-refractivity contribution in [3.63, 3.8) is 0 Å². The molecule has 0 saturated carbocycles. The topological polar surface area (TPSA) is 82.1 Å². The van der Waals surface area contributed by atoms with E-state index in [1.165, 1.54) is 12.1 Å². The van der Waals surface area contributed by atoms with Crippen molar-refractivity contribution in [1.29, 1.82) is 0 Å². The summed E-state index contributed by atoms with van der Waals surface area (Å²) in [6.07, 6.45) is 0. The Morgan fingerprint density at radius 1 is 1.13 bits per heavy atom. The van der Waals surface area contributed by atoms with Crippen molar-refractivity contribution in [3.05, 3.63) is 23.3 Å². The summed E-state index contributed by atoms with van der Waals surface area (Å²) in [7, 11) is 0. The van der Waals surface area contributed by atoms with Crippen LogP contribution in [-0.4, -0.2) is 49.0 Å². The number of rotatable bonds is 6. The molecule has 124 valence electrons. The summed E-state index contributed by atoms with van der Waals surface area (Å²) in [5.41, 5.74) is 0.00588. The summed E-state index contributed by atoms with van der Waals surface area (Å²) in [6.45, 7) is 6.23. The number of hydrogen-bond donors (Lipinski definition) is 0. The average molecular weight is 321 g/mol. The summed E-state index contributed by atoms with van der Waals surface area (Å²) in [5.74, 6) is -1.69. The van der Waals surface area contributed by atoms with Gasteiger partial charge in [-0.1, -0.05) is 0 Å². The quantitative estimate of drug-likeness (QED) is 0.450. The summed E-state index contributed by atoms with van der Waals surface area (Å²) in [5, 5.41) is 0. The summed E-state index contributed by atoms with van der Waals surface area (Å²) in [4.78, 5) is 38.4. The maximum absolute atomic E-state index is 12.8. The molecular formula is C16H19NO6. The van der Waals surface area contributed by atoms with Gasteiger partial charge in [0, 0.05) is 18.7 Å². The molecule has 0 atom stereocenters. The van der Waals surface area contributed by atoms with Crippen LogP contribution in [0.1, 0.15) is 41.5 Å². The highest BCUT2D eigenvalue weighted by Gasteiger charge is 2.32. The summed E-state index contributed by atoms with van der Waals surface area (Å²) >= 11 is 0. The van der Waals surface area contributed by atoms with Crippen molar-refractivity contribution in [1.82, 2.24) is 4.90 Å². The molecule has 0 spiro atoms. The lowest BCUT2D eigenvalue weighted by molar-refractivity contribution is -0.137. The van der Waals surface area contributed by atoms with Crippen LogP contribution >= 0.6 is 0 Å². The lowest BCUT2D eigenvalue weighted by atomic mass is 10.0. The fourth-order valence-corrected chi connectivity index (χ4v) is 2.35. The largest absolute Gasteiger partial charge is 0.460 e. The molecule has 0 saturated heterocycles. The molecule has 0 aromatic heterocycles. The van der Waals surface area contributed by atoms with Gasteiger partial charge < -0.3 is 19.1 Å². The number of hydrogen-bond acceptors (Lipinski definition) is 6. The number of ketones is 1. The summed E-state index contributed by atoms with van der Waals surface area (Å²) in [6, 6.07) is 2.90. The minimum atomic E-state index is -1.00. The van der Waals surface area contributed by atoms with Crippen molar-refractivity contribution in [3.8, 4) is 11.5 Å². The van der Waals surface area contributed by atoms with Crippen LogP contribution in [0.15, 0.2) is 12.1 Å². The zero-order valence-electron chi connectivity index (χ0n) is 13.4. The Morgan fingerprint density at radius 2 is 1.83 bits per heavy atom. The maximum atomic E-state index is 12.8. The third-order valence-corrected chi connectivity index (χ3v) is 3.51. The van der Waals surface area contributed by atoms with E-state index in [-0.39, 0.29) is 36.2 Å². The minimum absolute atomic E-state index is 0.0368. The molecule has 2 rings (SSSR count). The Labute approximate surface area is 134 Å². The molecule has 1 aliphatic heterocycles. The molecule has 7 heteroatoms. The van der Waals surface area contributed by atoms with E-state index in [0.717, 1.165) is 0 Å². The van der Waals surface area contributed by atoms with Gasteiger partial charge in [-0.05, 0) is 32.9 Å². The summed E-state index contributed by atoms with van der Waals surface area (Å²) < 4.78 is 15.3. The van der Waals surface area contributed by atoms with Gasteiger partial charge in [-0.2, -0.15) is 0 Å². The highest BCUT2D eigenvalue weighted by atomic mass is 16.7. The Kier molecular flexibility index (Phi) is 5.20. The Balaban J connectivity index is 2.53. The molecule has 0 radical (unpaired) electrons. The fraction of sp³-hybridized carbons (Fsp3) is 0.438. The zero-order chi connectivity index (χ0) is 17.0. The standard InChI is InChI=1S/C16H19NO6/c1-4-17(5-2)15(19)12-10(13(18)16(20)21-6-3)7-8-11-14(12)23-9-22-11/h7-8H,4-6,9H2,1-3H3. The third kappa shape index (κ3) is 3.13. The second-order valence-electron chi connectivity index (χ2n) is 4.75. The Hall–Kier alpha value is -2.57. The first-order valence-electron chi connectivity index (χ1n) is 7.48. The first-order valence-corrected chi connectivity index (χ1v) is 7.48. The van der Waals surface area contributed by atoms with Crippen LogP contribution in [0.4, 0.5) is 0 Å². The van der Waals surface area contributed by atoms with Gasteiger partial charge in [0.15, 0.2) is 11.5 Å². The Morgan fingerprint density at radius 3 is 2.43 bits per heavy atom. The number of ether oxygens (including phenoxy) is 3. The van der Waals surface area contributed by atoms with Gasteiger partial charge in [0.25, 0.3) is 11.7 Å². The van der Waals surface area contributed by atoms with Crippen molar-refractivity contribution >= 4 is 17.7 Å². The highest BCUT2D eigenvalue weighted by molar-refractivity contribution is 6.42. The molecule has 0 unspecified atom stereocenters. The molecule has 1 amide bonds. The van der Waals surface area contributed by atoms with Crippen LogP contribution in [-0.2, 0) is 9.53 Å². The molecule has 1 aliphatic rings. The first-order chi connectivity index (χ1) is 11.0. The minimum Gasteiger partial charge on any atom is -0.460 e. The van der Waals surface area contributed by atoms with E-state index in [1.54, 1.807) is 11.8 Å². The van der Waals surface area contributed by atoms with E-state index in [0.29, 0.717) is 18.8 Å². The third-order valence-electron chi connectivity index (χ3n) is 3.51. The highest BCUT2D eigenvalue weighted by Crippen LogP contribution is 2.38. The predicted octanol–water partition coefficient (Wildman–Crippen LogP) is 1.64. The van der Waals surface area contributed by atoms with Crippen LogP contribution in [0.3, 0.4) is 0 Å². The Bertz CT molecular complexity index is 636. The number of Topliss-reactive ketones (excluding diaryl/α,β-unsaturated/α-hetero) is 1. The van der Waals surface area contributed by atoms with E-state index in [4.69, 9.17) is 14.2 Å². The van der Waals surface area contributed by atoms with Crippen LogP contribution in [0.5, 0.6) is 11.5 Å². The SMILES string of the molecule is CCOC(=O)C(=O)c1ccc2c(c1C(=O)N(CC)CC)OCO2. The van der Waals surface area contributed by atoms with E-state index in [9.17, 15) is 14.4 Å². The molecule has 0 N–H and O–H groups in total. The number of carbonyl (C=O) groups is 3. The van der Waals surface area contributed by atoms with E-state index in [2.05, 4.69) is 0 Å². The smallest absolute Gasteiger partial charge is 0.379 e. The number of nitrogens with zero attached hydrogens (tertiary/aromatic N) is 1. The van der Waals surface area contributed by atoms with Crippen LogP contribution < -0.4 is 9.47 Å². The number of amides is 1. The van der Waals surface area contributed by atoms with Crippen molar-refractivity contribution < 1.29 is 28.6 Å². The number of fused-ring (bicyclic) bond motifs is 1. The van der Waals surface area contributed by atoms with Gasteiger partial charge in [0.1, 0.15) is 0 Å². The molecule has 0 aliphatic carbocycles. The molecule has 0 fully saturated rings. The maximum Gasteiger partial charge on any atom is 0.379 e. The number of carbonyl (C=O) groups excluding carboxylic acids is 3. The first kappa shape index (κ1) is 16.8. The normalized spacial score (nSPS) is 12.0. The lowest BCUT2D eigenvalue weighted by Crippen LogP contribution is -2.32. The van der Waals surface area contributed by atoms with Gasteiger partial charge in [0.05, 0.1) is 12.2 Å². The molecular weight excluding hydrogens is 302 g/mol.